The van der Waals surface area contributed by atoms with E-state index in [1.54, 1.807) is 12.1 Å². The van der Waals surface area contributed by atoms with Crippen LogP contribution in [0.4, 0.5) is 11.5 Å². The number of para-hydroxylation sites is 1. The SMILES string of the molecule is Nc1n[nH]c2ccc(C(=O)N3CCC4(CC3)C(=O)NCN4c3ccccc3)cc12. The largest absolute Gasteiger partial charge is 0.382 e. The predicted octanol–water partition coefficient (Wildman–Crippen LogP) is 1.71. The molecule has 2 amide bonds. The molecule has 3 heterocycles. The molecule has 148 valence electrons. The highest BCUT2D eigenvalue weighted by Crippen LogP contribution is 2.36. The Bertz CT molecular complexity index is 1090. The molecular weight excluding hydrogens is 368 g/mol. The van der Waals surface area contributed by atoms with Gasteiger partial charge in [0, 0.05) is 29.7 Å². The molecule has 3 aromatic rings. The average molecular weight is 390 g/mol. The fourth-order valence-electron chi connectivity index (χ4n) is 4.46. The summed E-state index contributed by atoms with van der Waals surface area (Å²) < 4.78 is 0. The van der Waals surface area contributed by atoms with E-state index in [1.807, 2.05) is 41.3 Å². The molecule has 1 aromatic heterocycles. The summed E-state index contributed by atoms with van der Waals surface area (Å²) in [6, 6.07) is 15.3. The lowest BCUT2D eigenvalue weighted by molar-refractivity contribution is -0.124. The van der Waals surface area contributed by atoms with Gasteiger partial charge >= 0.3 is 0 Å². The zero-order valence-electron chi connectivity index (χ0n) is 15.9. The monoisotopic (exact) mass is 390 g/mol. The van der Waals surface area contributed by atoms with Crippen molar-refractivity contribution in [2.75, 3.05) is 30.4 Å². The van der Waals surface area contributed by atoms with E-state index in [0.717, 1.165) is 16.6 Å². The lowest BCUT2D eigenvalue weighted by Crippen LogP contribution is -2.57. The summed E-state index contributed by atoms with van der Waals surface area (Å²) in [5, 5.41) is 10.6. The maximum Gasteiger partial charge on any atom is 0.253 e. The maximum absolute atomic E-state index is 13.1. The number of aromatic amines is 1. The van der Waals surface area contributed by atoms with Crippen molar-refractivity contribution >= 4 is 34.2 Å². The van der Waals surface area contributed by atoms with E-state index in [0.29, 0.717) is 44.0 Å². The van der Waals surface area contributed by atoms with Crippen molar-refractivity contribution in [3.63, 3.8) is 0 Å². The van der Waals surface area contributed by atoms with Crippen molar-refractivity contribution in [2.24, 2.45) is 0 Å². The van der Waals surface area contributed by atoms with Crippen LogP contribution in [0.5, 0.6) is 0 Å². The summed E-state index contributed by atoms with van der Waals surface area (Å²) in [6.07, 6.45) is 1.19. The van der Waals surface area contributed by atoms with Crippen LogP contribution in [0.1, 0.15) is 23.2 Å². The summed E-state index contributed by atoms with van der Waals surface area (Å²) in [6.45, 7) is 1.54. The number of carbonyl (C=O) groups is 2. The third kappa shape index (κ3) is 2.71. The normalized spacial score (nSPS) is 18.4. The first-order valence-corrected chi connectivity index (χ1v) is 9.72. The van der Waals surface area contributed by atoms with Gasteiger partial charge in [0.15, 0.2) is 5.82 Å². The number of nitrogens with zero attached hydrogens (tertiary/aromatic N) is 3. The van der Waals surface area contributed by atoms with Crippen molar-refractivity contribution in [2.45, 2.75) is 18.4 Å². The minimum Gasteiger partial charge on any atom is -0.382 e. The Balaban J connectivity index is 1.36. The molecule has 5 rings (SSSR count). The smallest absolute Gasteiger partial charge is 0.253 e. The van der Waals surface area contributed by atoms with Crippen LogP contribution >= 0.6 is 0 Å². The number of fused-ring (bicyclic) bond motifs is 1. The van der Waals surface area contributed by atoms with Crippen LogP contribution in [0.3, 0.4) is 0 Å². The molecule has 2 fully saturated rings. The van der Waals surface area contributed by atoms with Gasteiger partial charge in [0.1, 0.15) is 5.54 Å². The highest BCUT2D eigenvalue weighted by atomic mass is 16.2. The zero-order valence-corrected chi connectivity index (χ0v) is 15.9. The van der Waals surface area contributed by atoms with E-state index >= 15 is 0 Å². The molecule has 0 aliphatic carbocycles. The van der Waals surface area contributed by atoms with Gasteiger partial charge in [0.05, 0.1) is 12.2 Å². The number of anilines is 2. The number of aromatic nitrogens is 2. The fraction of sp³-hybridized carbons (Fsp3) is 0.286. The summed E-state index contributed by atoms with van der Waals surface area (Å²) in [5.74, 6) is 0.376. The molecule has 0 bridgehead atoms. The predicted molar refractivity (Wildman–Crippen MR) is 110 cm³/mol. The van der Waals surface area contributed by atoms with Crippen molar-refractivity contribution in [3.8, 4) is 0 Å². The highest BCUT2D eigenvalue weighted by Gasteiger charge is 2.50. The summed E-state index contributed by atoms with van der Waals surface area (Å²) >= 11 is 0. The Morgan fingerprint density at radius 2 is 1.86 bits per heavy atom. The van der Waals surface area contributed by atoms with Crippen LogP contribution in [0.2, 0.25) is 0 Å². The van der Waals surface area contributed by atoms with E-state index in [1.165, 1.54) is 0 Å². The Labute approximate surface area is 167 Å². The van der Waals surface area contributed by atoms with Crippen LogP contribution < -0.4 is 16.0 Å². The van der Waals surface area contributed by atoms with Gasteiger partial charge in [-0.25, -0.2) is 0 Å². The van der Waals surface area contributed by atoms with E-state index < -0.39 is 5.54 Å². The molecule has 4 N–H and O–H groups in total. The first kappa shape index (κ1) is 17.5. The number of rotatable bonds is 2. The lowest BCUT2D eigenvalue weighted by Gasteiger charge is -2.43. The summed E-state index contributed by atoms with van der Waals surface area (Å²) in [7, 11) is 0. The van der Waals surface area contributed by atoms with Gasteiger partial charge in [0.2, 0.25) is 5.91 Å². The van der Waals surface area contributed by atoms with Crippen LogP contribution in [0, 0.1) is 0 Å². The zero-order chi connectivity index (χ0) is 20.0. The number of likely N-dealkylation sites (tertiary alicyclic amines) is 1. The first-order chi connectivity index (χ1) is 14.1. The lowest BCUT2D eigenvalue weighted by atomic mass is 9.85. The molecule has 0 atom stereocenters. The number of H-pyrrole nitrogens is 1. The number of piperidine rings is 1. The molecule has 29 heavy (non-hydrogen) atoms. The van der Waals surface area contributed by atoms with Crippen molar-refractivity contribution in [1.82, 2.24) is 20.4 Å². The van der Waals surface area contributed by atoms with Gasteiger partial charge in [0.25, 0.3) is 5.91 Å². The molecule has 0 radical (unpaired) electrons. The second-order valence-electron chi connectivity index (χ2n) is 7.62. The van der Waals surface area contributed by atoms with Crippen molar-refractivity contribution in [3.05, 3.63) is 54.1 Å². The van der Waals surface area contributed by atoms with Gasteiger partial charge in [-0.15, -0.1) is 0 Å². The molecule has 2 saturated heterocycles. The quantitative estimate of drug-likeness (QED) is 0.618. The maximum atomic E-state index is 13.1. The van der Waals surface area contributed by atoms with Gasteiger partial charge in [-0.05, 0) is 43.2 Å². The van der Waals surface area contributed by atoms with E-state index in [2.05, 4.69) is 20.4 Å². The number of nitrogen functional groups attached to an aromatic ring is 1. The molecule has 2 aliphatic heterocycles. The minimum atomic E-state index is -0.600. The average Bonchev–Trinajstić information content (AvgIpc) is 3.29. The van der Waals surface area contributed by atoms with E-state index in [-0.39, 0.29) is 11.8 Å². The molecule has 2 aromatic carbocycles. The van der Waals surface area contributed by atoms with E-state index in [4.69, 9.17) is 5.73 Å². The van der Waals surface area contributed by atoms with Gasteiger partial charge in [-0.1, -0.05) is 18.2 Å². The number of hydrogen-bond donors (Lipinski definition) is 3. The number of nitrogens with one attached hydrogen (secondary N) is 2. The highest BCUT2D eigenvalue weighted by molar-refractivity contribution is 6.00. The Morgan fingerprint density at radius 3 is 2.62 bits per heavy atom. The van der Waals surface area contributed by atoms with Gasteiger partial charge in [-0.2, -0.15) is 5.10 Å². The van der Waals surface area contributed by atoms with Crippen LogP contribution in [-0.2, 0) is 4.79 Å². The topological polar surface area (TPSA) is 107 Å². The third-order valence-electron chi connectivity index (χ3n) is 6.12. The summed E-state index contributed by atoms with van der Waals surface area (Å²) in [4.78, 5) is 29.8. The molecular formula is C21H22N6O2. The summed E-state index contributed by atoms with van der Waals surface area (Å²) in [5.41, 5.74) is 7.68. The van der Waals surface area contributed by atoms with Crippen LogP contribution in [0.15, 0.2) is 48.5 Å². The number of carbonyl (C=O) groups excluding carboxylic acids is 2. The third-order valence-corrected chi connectivity index (χ3v) is 6.12. The van der Waals surface area contributed by atoms with Crippen molar-refractivity contribution < 1.29 is 9.59 Å². The van der Waals surface area contributed by atoms with Crippen LogP contribution in [0.25, 0.3) is 10.9 Å². The molecule has 0 saturated carbocycles. The molecule has 8 heteroatoms. The van der Waals surface area contributed by atoms with Gasteiger partial charge in [-0.3, -0.25) is 14.7 Å². The molecule has 0 unspecified atom stereocenters. The van der Waals surface area contributed by atoms with Crippen molar-refractivity contribution in [1.29, 1.82) is 0 Å². The first-order valence-electron chi connectivity index (χ1n) is 9.72. The number of nitrogens with two attached hydrogens (primary N) is 1. The van der Waals surface area contributed by atoms with Gasteiger partial charge < -0.3 is 20.9 Å². The molecule has 1 spiro atoms. The Kier molecular flexibility index (Phi) is 3.94. The Morgan fingerprint density at radius 1 is 1.10 bits per heavy atom. The Hall–Kier alpha value is -3.55. The number of hydrogen-bond acceptors (Lipinski definition) is 5. The minimum absolute atomic E-state index is 0.0426. The number of benzene rings is 2. The second-order valence-corrected chi connectivity index (χ2v) is 7.62. The molecule has 2 aliphatic rings. The molecule has 8 nitrogen and oxygen atoms in total. The van der Waals surface area contributed by atoms with E-state index in [9.17, 15) is 9.59 Å². The standard InChI is InChI=1S/C21H22N6O2/c22-18-16-12-14(6-7-17(16)24-25-18)19(28)26-10-8-21(9-11-26)20(29)23-13-27(21)15-4-2-1-3-5-15/h1-7,12H,8-11,13H2,(H,23,29)(H3,22,24,25). The second kappa shape index (κ2) is 6.51. The van der Waals surface area contributed by atoms with Crippen LogP contribution in [-0.4, -0.2) is 52.2 Å². The number of amides is 2. The fourth-order valence-corrected chi connectivity index (χ4v) is 4.46.